The fourth-order valence-electron chi connectivity index (χ4n) is 4.17. The summed E-state index contributed by atoms with van der Waals surface area (Å²) < 4.78 is 0. The van der Waals surface area contributed by atoms with Crippen molar-refractivity contribution in [1.82, 2.24) is 0 Å². The molecule has 0 bridgehead atoms. The highest BCUT2D eigenvalue weighted by Crippen LogP contribution is 2.55. The van der Waals surface area contributed by atoms with Crippen LogP contribution in [0.2, 0.25) is 5.54 Å². The van der Waals surface area contributed by atoms with E-state index in [1.807, 2.05) is 0 Å². The zero-order valence-corrected chi connectivity index (χ0v) is 14.6. The predicted molar refractivity (Wildman–Crippen MR) is 89.0 cm³/mol. The van der Waals surface area contributed by atoms with E-state index in [1.165, 1.54) is 30.4 Å². The van der Waals surface area contributed by atoms with E-state index < -0.39 is 5.73 Å². The zero-order valence-electron chi connectivity index (χ0n) is 11.5. The lowest BCUT2D eigenvalue weighted by molar-refractivity contribution is 0.333. The van der Waals surface area contributed by atoms with Crippen molar-refractivity contribution in [3.8, 4) is 0 Å². The van der Waals surface area contributed by atoms with Gasteiger partial charge in [0.1, 0.15) is 0 Å². The van der Waals surface area contributed by atoms with Gasteiger partial charge >= 0.3 is 0 Å². The monoisotopic (exact) mass is 371 g/mol. The molecular formula is C15H22INSi. The average Bonchev–Trinajstić information content (AvgIpc) is 2.55. The summed E-state index contributed by atoms with van der Waals surface area (Å²) in [6, 6.07) is 4.63. The average molecular weight is 371 g/mol. The molecule has 18 heavy (non-hydrogen) atoms. The summed E-state index contributed by atoms with van der Waals surface area (Å²) in [5, 5.41) is 8.40. The van der Waals surface area contributed by atoms with Gasteiger partial charge in [-0.05, 0) is 59.5 Å². The highest BCUT2D eigenvalue weighted by Gasteiger charge is 2.53. The molecule has 1 aliphatic carbocycles. The maximum absolute atomic E-state index is 6.85. The van der Waals surface area contributed by atoms with Gasteiger partial charge in [-0.1, -0.05) is 53.7 Å². The molecule has 2 N–H and O–H groups in total. The molecule has 1 aromatic rings. The maximum atomic E-state index is 6.85. The van der Waals surface area contributed by atoms with Gasteiger partial charge in [0.25, 0.3) is 0 Å². The number of rotatable bonds is 0. The van der Waals surface area contributed by atoms with Crippen LogP contribution in [-0.2, 0) is 0 Å². The standard InChI is InChI=1S/C15H22INSi/c1-9-7-8-13-15(11(9)3)14-10(2)5-4-6-12(14)18(13,16)17/h7-8,10,12,14H,4-6,17H2,1-3H3. The summed E-state index contributed by atoms with van der Waals surface area (Å²) in [5.41, 5.74) is 3.63. The van der Waals surface area contributed by atoms with Crippen molar-refractivity contribution in [2.75, 3.05) is 0 Å². The first-order valence-corrected chi connectivity index (χ1v) is 12.3. The van der Waals surface area contributed by atoms with Gasteiger partial charge in [-0.15, -0.1) is 0 Å². The van der Waals surface area contributed by atoms with Crippen LogP contribution in [0, 0.1) is 19.8 Å². The molecule has 1 fully saturated rings. The molecule has 3 heteroatoms. The number of nitrogens with two attached hydrogens (primary N) is 1. The first-order chi connectivity index (χ1) is 8.44. The molecule has 1 nitrogen and oxygen atoms in total. The van der Waals surface area contributed by atoms with Gasteiger partial charge in [-0.25, -0.2) is 0 Å². The number of hydrogen-bond acceptors (Lipinski definition) is 1. The second kappa shape index (κ2) is 4.32. The number of hydrogen-bond donors (Lipinski definition) is 1. The van der Waals surface area contributed by atoms with Crippen molar-refractivity contribution < 1.29 is 0 Å². The quantitative estimate of drug-likeness (QED) is 0.421. The summed E-state index contributed by atoms with van der Waals surface area (Å²) in [4.78, 5) is 0. The Balaban J connectivity index is 2.23. The Hall–Kier alpha value is 0.127. The van der Waals surface area contributed by atoms with E-state index in [0.717, 1.165) is 17.4 Å². The van der Waals surface area contributed by atoms with Crippen molar-refractivity contribution in [2.45, 2.75) is 51.5 Å². The first kappa shape index (κ1) is 13.1. The van der Waals surface area contributed by atoms with Crippen molar-refractivity contribution in [1.29, 1.82) is 0 Å². The SMILES string of the molecule is Cc1ccc2c(c1C)C1C(C)CCCC1[Si]2(N)I. The molecule has 3 rings (SSSR count). The summed E-state index contributed by atoms with van der Waals surface area (Å²) in [6.07, 6.45) is 4.12. The molecule has 98 valence electrons. The number of halogens is 1. The predicted octanol–water partition coefficient (Wildman–Crippen LogP) is 3.63. The molecular weight excluding hydrogens is 349 g/mol. The third-order valence-electron chi connectivity index (χ3n) is 5.29. The fraction of sp³-hybridized carbons (Fsp3) is 0.600. The molecule has 2 aliphatic rings. The van der Waals surface area contributed by atoms with Crippen LogP contribution in [-0.4, -0.2) is 5.73 Å². The summed E-state index contributed by atoms with van der Waals surface area (Å²) in [6.45, 7) is 6.98. The molecule has 4 atom stereocenters. The summed E-state index contributed by atoms with van der Waals surface area (Å²) in [7, 11) is 0. The molecule has 0 amide bonds. The second-order valence-electron chi connectivity index (χ2n) is 6.28. The van der Waals surface area contributed by atoms with Crippen molar-refractivity contribution >= 4 is 32.7 Å². The van der Waals surface area contributed by atoms with Crippen LogP contribution >= 0.6 is 21.8 Å². The molecule has 1 saturated carbocycles. The van der Waals surface area contributed by atoms with Crippen LogP contribution in [0.25, 0.3) is 0 Å². The zero-order chi connectivity index (χ0) is 13.1. The van der Waals surface area contributed by atoms with Gasteiger partial charge in [-0.3, -0.25) is 0 Å². The Morgan fingerprint density at radius 1 is 1.28 bits per heavy atom. The topological polar surface area (TPSA) is 26.0 Å². The van der Waals surface area contributed by atoms with E-state index in [1.54, 1.807) is 10.8 Å². The normalized spacial score (nSPS) is 38.4. The minimum atomic E-state index is -1.75. The third-order valence-corrected chi connectivity index (χ3v) is 12.4. The highest BCUT2D eigenvalue weighted by atomic mass is 127. The number of fused-ring (bicyclic) bond motifs is 3. The van der Waals surface area contributed by atoms with Crippen LogP contribution in [0.3, 0.4) is 0 Å². The Kier molecular flexibility index (Phi) is 3.15. The smallest absolute Gasteiger partial charge is 0.227 e. The number of benzene rings is 1. The van der Waals surface area contributed by atoms with Crippen LogP contribution in [0.5, 0.6) is 0 Å². The molecule has 1 aliphatic heterocycles. The third kappa shape index (κ3) is 1.66. The van der Waals surface area contributed by atoms with E-state index in [0.29, 0.717) is 0 Å². The lowest BCUT2D eigenvalue weighted by atomic mass is 9.75. The van der Waals surface area contributed by atoms with Gasteiger partial charge in [-0.2, -0.15) is 0 Å². The van der Waals surface area contributed by atoms with Gasteiger partial charge in [0.05, 0.1) is 0 Å². The van der Waals surface area contributed by atoms with Crippen LogP contribution in [0.15, 0.2) is 12.1 Å². The van der Waals surface area contributed by atoms with Crippen molar-refractivity contribution in [2.24, 2.45) is 11.3 Å². The molecule has 1 aromatic carbocycles. The molecule has 0 spiro atoms. The Labute approximate surface area is 124 Å². The van der Waals surface area contributed by atoms with Crippen LogP contribution in [0.1, 0.15) is 48.8 Å². The van der Waals surface area contributed by atoms with E-state index in [4.69, 9.17) is 5.40 Å². The Morgan fingerprint density at radius 3 is 2.72 bits per heavy atom. The molecule has 1 heterocycles. The van der Waals surface area contributed by atoms with Crippen molar-refractivity contribution in [3.05, 3.63) is 28.8 Å². The van der Waals surface area contributed by atoms with Crippen LogP contribution in [0.4, 0.5) is 0 Å². The fourth-order valence-corrected chi connectivity index (χ4v) is 10.8. The van der Waals surface area contributed by atoms with Gasteiger partial charge in [0.15, 0.2) is 0 Å². The Bertz CT molecular complexity index is 498. The number of aryl methyl sites for hydroxylation is 1. The van der Waals surface area contributed by atoms with Gasteiger partial charge in [0, 0.05) is 0 Å². The molecule has 0 radical (unpaired) electrons. The van der Waals surface area contributed by atoms with E-state index in [9.17, 15) is 0 Å². The lowest BCUT2D eigenvalue weighted by Gasteiger charge is -2.36. The highest BCUT2D eigenvalue weighted by molar-refractivity contribution is 14.1. The summed E-state index contributed by atoms with van der Waals surface area (Å²) >= 11 is 2.65. The molecule has 0 saturated heterocycles. The minimum Gasteiger partial charge on any atom is -0.339 e. The second-order valence-corrected chi connectivity index (χ2v) is 14.4. The van der Waals surface area contributed by atoms with E-state index in [2.05, 4.69) is 54.7 Å². The Morgan fingerprint density at radius 2 is 2.00 bits per heavy atom. The van der Waals surface area contributed by atoms with Gasteiger partial charge in [0.2, 0.25) is 5.73 Å². The van der Waals surface area contributed by atoms with Gasteiger partial charge < -0.3 is 5.40 Å². The summed E-state index contributed by atoms with van der Waals surface area (Å²) in [5.74, 6) is 1.57. The lowest BCUT2D eigenvalue weighted by Crippen LogP contribution is -2.52. The first-order valence-electron chi connectivity index (χ1n) is 7.03. The molecule has 4 unspecified atom stereocenters. The van der Waals surface area contributed by atoms with E-state index in [-0.39, 0.29) is 0 Å². The largest absolute Gasteiger partial charge is 0.339 e. The minimum absolute atomic E-state index is 0.752. The van der Waals surface area contributed by atoms with Crippen LogP contribution < -0.4 is 10.6 Å². The van der Waals surface area contributed by atoms with E-state index >= 15 is 0 Å². The van der Waals surface area contributed by atoms with Crippen molar-refractivity contribution in [3.63, 3.8) is 0 Å². The molecule has 0 aromatic heterocycles. The maximum Gasteiger partial charge on any atom is 0.227 e.